The molecule has 1 atom stereocenters. The number of carbonyl (C=O) groups is 1. The first kappa shape index (κ1) is 28.6. The van der Waals surface area contributed by atoms with E-state index >= 15 is 0 Å². The summed E-state index contributed by atoms with van der Waals surface area (Å²) in [6.07, 6.45) is 0. The Morgan fingerprint density at radius 3 is 2.03 bits per heavy atom. The summed E-state index contributed by atoms with van der Waals surface area (Å²) in [5.41, 5.74) is 6.80. The number of rotatable bonds is 6. The molecule has 0 aliphatic heterocycles. The summed E-state index contributed by atoms with van der Waals surface area (Å²) in [6, 6.07) is 18.7. The van der Waals surface area contributed by atoms with Crippen LogP contribution in [0.5, 0.6) is 11.5 Å². The standard InChI is InChI=1S/C13H14As2N2O4S.C7H6O2.Na/c16-10-5-8(1-3-12(10)18)14-15-9-2-4-13(19)11(6-9)17-7-22(20)21;8-7(9)6-4-2-1-3-5-6;/h1-6,17-19H,7,16H2,(H,20,21);1-5H,(H,8,9);/q;;+1/p-1. The van der Waals surface area contributed by atoms with Crippen molar-refractivity contribution in [3.05, 3.63) is 72.3 Å². The van der Waals surface area contributed by atoms with Gasteiger partial charge in [-0.25, -0.2) is 4.79 Å². The molecule has 8 nitrogen and oxygen atoms in total. The molecule has 0 heterocycles. The van der Waals surface area contributed by atoms with Crippen LogP contribution in [-0.4, -0.2) is 62.2 Å². The van der Waals surface area contributed by atoms with Gasteiger partial charge in [0.15, 0.2) is 0 Å². The molecule has 0 aliphatic carbocycles. The van der Waals surface area contributed by atoms with Crippen LogP contribution in [0, 0.1) is 0 Å². The van der Waals surface area contributed by atoms with Gasteiger partial charge in [0.25, 0.3) is 0 Å². The first-order chi connectivity index (χ1) is 14.8. The van der Waals surface area contributed by atoms with Crippen LogP contribution >= 0.6 is 0 Å². The van der Waals surface area contributed by atoms with Crippen molar-refractivity contribution in [1.29, 1.82) is 0 Å². The SMILES string of the molecule is Nc1cc(/[As]=[As]/c2ccc(O)c(NCS(=O)[O-])c2)ccc1O.O=C(O)c1ccccc1.[Na+]. The van der Waals surface area contributed by atoms with Crippen molar-refractivity contribution in [2.75, 3.05) is 16.9 Å². The van der Waals surface area contributed by atoms with Gasteiger partial charge in [-0.15, -0.1) is 0 Å². The monoisotopic (exact) mass is 588 g/mol. The molecule has 32 heavy (non-hydrogen) atoms. The van der Waals surface area contributed by atoms with Gasteiger partial charge in [-0.1, -0.05) is 18.2 Å². The van der Waals surface area contributed by atoms with Gasteiger partial charge >= 0.3 is 177 Å². The van der Waals surface area contributed by atoms with Crippen molar-refractivity contribution < 1.29 is 58.4 Å². The van der Waals surface area contributed by atoms with Crippen molar-refractivity contribution in [2.24, 2.45) is 0 Å². The predicted molar refractivity (Wildman–Crippen MR) is 122 cm³/mol. The van der Waals surface area contributed by atoms with Gasteiger partial charge in [-0.3, -0.25) is 0 Å². The van der Waals surface area contributed by atoms with Crippen molar-refractivity contribution in [1.82, 2.24) is 0 Å². The molecular formula is C20H19As2N2NaO6S. The first-order valence-corrected chi connectivity index (χ1v) is 17.0. The molecule has 3 aromatic rings. The summed E-state index contributed by atoms with van der Waals surface area (Å²) in [5.74, 6) is -1.01. The van der Waals surface area contributed by atoms with Gasteiger partial charge in [0.2, 0.25) is 0 Å². The molecule has 1 unspecified atom stereocenters. The number of nitrogens with two attached hydrogens (primary N) is 1. The number of phenols is 2. The molecule has 0 aromatic heterocycles. The van der Waals surface area contributed by atoms with E-state index in [0.29, 0.717) is 16.9 Å². The van der Waals surface area contributed by atoms with Crippen LogP contribution in [0.4, 0.5) is 11.4 Å². The number of nitrogens with one attached hydrogen (secondary N) is 1. The minimum Gasteiger partial charge on any atom is -0.478 e. The Balaban J connectivity index is 0.000000431. The smallest absolute Gasteiger partial charge is 0.478 e. The maximum Gasteiger partial charge on any atom is 1.00 e. The zero-order valence-electron chi connectivity index (χ0n) is 17.0. The van der Waals surface area contributed by atoms with Crippen LogP contribution < -0.4 is 49.3 Å². The second kappa shape index (κ2) is 14.7. The number of nitrogen functional groups attached to an aromatic ring is 1. The second-order valence-corrected chi connectivity index (χ2v) is 14.2. The molecule has 0 amide bonds. The number of phenolic OH excluding ortho intramolecular Hbond substituents is 2. The number of benzene rings is 3. The topological polar surface area (TPSA) is 156 Å². The number of anilines is 2. The molecule has 0 saturated carbocycles. The zero-order valence-corrected chi connectivity index (χ0v) is 23.6. The maximum absolute atomic E-state index is 10.6. The maximum atomic E-state index is 10.6. The van der Waals surface area contributed by atoms with Crippen LogP contribution in [0.1, 0.15) is 10.4 Å². The van der Waals surface area contributed by atoms with Gasteiger partial charge in [0, 0.05) is 0 Å². The van der Waals surface area contributed by atoms with Gasteiger partial charge in [-0.05, 0) is 12.1 Å². The molecule has 6 N–H and O–H groups in total. The summed E-state index contributed by atoms with van der Waals surface area (Å²) in [5, 5.41) is 30.2. The molecular weight excluding hydrogens is 569 g/mol. The summed E-state index contributed by atoms with van der Waals surface area (Å²) >= 11 is -2.44. The third-order valence-corrected chi connectivity index (χ3v) is 12.5. The third kappa shape index (κ3) is 10.0. The van der Waals surface area contributed by atoms with Crippen LogP contribution in [-0.2, 0) is 11.1 Å². The third-order valence-electron chi connectivity index (χ3n) is 3.67. The van der Waals surface area contributed by atoms with Gasteiger partial charge in [-0.2, -0.15) is 0 Å². The number of hydrogen-bond acceptors (Lipinski definition) is 7. The van der Waals surface area contributed by atoms with Gasteiger partial charge < -0.3 is 5.11 Å². The van der Waals surface area contributed by atoms with Crippen molar-refractivity contribution in [3.63, 3.8) is 0 Å². The van der Waals surface area contributed by atoms with Crippen molar-refractivity contribution in [2.45, 2.75) is 0 Å². The number of aromatic hydroxyl groups is 2. The summed E-state index contributed by atoms with van der Waals surface area (Å²) in [7, 11) is 0. The average Bonchev–Trinajstić information content (AvgIpc) is 2.75. The predicted octanol–water partition coefficient (Wildman–Crippen LogP) is -2.41. The summed E-state index contributed by atoms with van der Waals surface area (Å²) in [6.45, 7) is 0. The molecule has 12 heteroatoms. The van der Waals surface area contributed by atoms with E-state index in [0.717, 1.165) is 8.70 Å². The van der Waals surface area contributed by atoms with Crippen LogP contribution in [0.3, 0.4) is 0 Å². The van der Waals surface area contributed by atoms with E-state index in [1.165, 1.54) is 0 Å². The largest absolute Gasteiger partial charge is 1.00 e. The quantitative estimate of drug-likeness (QED) is 0.0924. The number of hydrogen-bond donors (Lipinski definition) is 5. The zero-order chi connectivity index (χ0) is 22.8. The Bertz CT molecular complexity index is 1100. The Morgan fingerprint density at radius 1 is 0.969 bits per heavy atom. The minimum atomic E-state index is -2.22. The fraction of sp³-hybridized carbons (Fsp3) is 0.0500. The Kier molecular flexibility index (Phi) is 13.1. The Morgan fingerprint density at radius 2 is 1.53 bits per heavy atom. The molecule has 3 aromatic carbocycles. The van der Waals surface area contributed by atoms with Crippen LogP contribution in [0.25, 0.3) is 0 Å². The van der Waals surface area contributed by atoms with Crippen molar-refractivity contribution >= 4 is 63.4 Å². The second-order valence-electron chi connectivity index (χ2n) is 5.94. The number of aromatic carboxylic acids is 1. The molecule has 0 aliphatic rings. The minimum absolute atomic E-state index is 0. The van der Waals surface area contributed by atoms with Crippen molar-refractivity contribution in [3.8, 4) is 11.5 Å². The molecule has 0 saturated heterocycles. The Labute approximate surface area is 220 Å². The van der Waals surface area contributed by atoms with E-state index in [-0.39, 0.29) is 73.2 Å². The van der Waals surface area contributed by atoms with Crippen LogP contribution in [0.15, 0.2) is 66.7 Å². The van der Waals surface area contributed by atoms with Gasteiger partial charge in [0.05, 0.1) is 5.56 Å². The van der Waals surface area contributed by atoms with E-state index in [4.69, 9.17) is 10.8 Å². The van der Waals surface area contributed by atoms with E-state index in [1.54, 1.807) is 54.6 Å². The molecule has 162 valence electrons. The molecule has 0 spiro atoms. The number of carboxylic acids is 1. The fourth-order valence-corrected chi connectivity index (χ4v) is 9.55. The van der Waals surface area contributed by atoms with E-state index in [9.17, 15) is 23.8 Å². The summed E-state index contributed by atoms with van der Waals surface area (Å²) < 4.78 is 23.3. The molecule has 0 bridgehead atoms. The van der Waals surface area contributed by atoms with E-state index < -0.39 is 17.0 Å². The molecule has 3 rings (SSSR count). The van der Waals surface area contributed by atoms with E-state index in [2.05, 4.69) is 5.32 Å². The van der Waals surface area contributed by atoms with Crippen LogP contribution in [0.2, 0.25) is 0 Å². The number of carboxylic acid groups (broad SMARTS) is 1. The fourth-order valence-electron chi connectivity index (χ4n) is 2.16. The average molecular weight is 588 g/mol. The van der Waals surface area contributed by atoms with Gasteiger partial charge in [0.1, 0.15) is 0 Å². The molecule has 0 radical (unpaired) electrons. The molecule has 0 fully saturated rings. The Hall–Kier alpha value is -1.44. The normalized spacial score (nSPS) is 11.0. The van der Waals surface area contributed by atoms with E-state index in [1.807, 2.05) is 12.1 Å². The first-order valence-electron chi connectivity index (χ1n) is 8.67. The summed E-state index contributed by atoms with van der Waals surface area (Å²) in [4.78, 5) is 10.2.